The Morgan fingerprint density at radius 1 is 1.13 bits per heavy atom. The molecule has 23 heavy (non-hydrogen) atoms. The number of anilines is 3. The number of hydrogen-bond donors (Lipinski definition) is 1. The van der Waals surface area contributed by atoms with Crippen LogP contribution in [0.1, 0.15) is 31.1 Å². The van der Waals surface area contributed by atoms with E-state index in [1.165, 1.54) is 0 Å². The van der Waals surface area contributed by atoms with Gasteiger partial charge < -0.3 is 15.0 Å². The first kappa shape index (κ1) is 16.7. The van der Waals surface area contributed by atoms with Crippen LogP contribution >= 0.6 is 0 Å². The second-order valence-electron chi connectivity index (χ2n) is 4.83. The van der Waals surface area contributed by atoms with E-state index >= 15 is 0 Å². The Labute approximate surface area is 136 Å². The first-order valence-corrected chi connectivity index (χ1v) is 7.80. The van der Waals surface area contributed by atoms with Gasteiger partial charge in [-0.05, 0) is 51.1 Å². The fourth-order valence-electron chi connectivity index (χ4n) is 2.17. The quantitative estimate of drug-likeness (QED) is 0.791. The number of aromatic nitrogens is 2. The van der Waals surface area contributed by atoms with E-state index in [0.717, 1.165) is 24.6 Å². The number of ether oxygens (including phenoxy) is 1. The molecular formula is C17H22N4O2. The van der Waals surface area contributed by atoms with Crippen molar-refractivity contribution >= 4 is 23.4 Å². The van der Waals surface area contributed by atoms with Crippen LogP contribution in [0.5, 0.6) is 0 Å². The summed E-state index contributed by atoms with van der Waals surface area (Å²) in [5.74, 6) is 1.09. The molecule has 2 rings (SSSR count). The molecule has 0 atom stereocenters. The van der Waals surface area contributed by atoms with Crippen LogP contribution in [0.2, 0.25) is 0 Å². The fourth-order valence-corrected chi connectivity index (χ4v) is 2.17. The Morgan fingerprint density at radius 3 is 2.43 bits per heavy atom. The number of nitrogens with zero attached hydrogens (tertiary/aromatic N) is 3. The van der Waals surface area contributed by atoms with Gasteiger partial charge in [0.05, 0.1) is 12.2 Å². The normalized spacial score (nSPS) is 10.2. The van der Waals surface area contributed by atoms with Gasteiger partial charge >= 0.3 is 5.97 Å². The van der Waals surface area contributed by atoms with E-state index in [2.05, 4.69) is 34.0 Å². The molecule has 0 aliphatic rings. The molecular weight excluding hydrogens is 292 g/mol. The van der Waals surface area contributed by atoms with Crippen LogP contribution in [0.4, 0.5) is 17.5 Å². The molecule has 0 amide bonds. The van der Waals surface area contributed by atoms with Crippen molar-refractivity contribution in [1.82, 2.24) is 9.97 Å². The van der Waals surface area contributed by atoms with Gasteiger partial charge in [-0.3, -0.25) is 0 Å². The summed E-state index contributed by atoms with van der Waals surface area (Å²) < 4.78 is 4.96. The first-order chi connectivity index (χ1) is 11.2. The summed E-state index contributed by atoms with van der Waals surface area (Å²) in [6, 6.07) is 8.94. The lowest BCUT2D eigenvalue weighted by atomic mass is 10.2. The predicted octanol–water partition coefficient (Wildman–Crippen LogP) is 3.24. The van der Waals surface area contributed by atoms with E-state index < -0.39 is 0 Å². The molecule has 6 heteroatoms. The minimum Gasteiger partial charge on any atom is -0.462 e. The molecule has 1 aromatic heterocycles. The van der Waals surface area contributed by atoms with Crippen LogP contribution in [-0.2, 0) is 4.74 Å². The van der Waals surface area contributed by atoms with Gasteiger partial charge in [-0.2, -0.15) is 4.98 Å². The summed E-state index contributed by atoms with van der Waals surface area (Å²) in [4.78, 5) is 22.5. The van der Waals surface area contributed by atoms with Crippen molar-refractivity contribution in [2.24, 2.45) is 0 Å². The number of rotatable bonds is 7. The van der Waals surface area contributed by atoms with E-state index in [1.807, 2.05) is 6.07 Å². The van der Waals surface area contributed by atoms with Gasteiger partial charge in [-0.25, -0.2) is 9.78 Å². The van der Waals surface area contributed by atoms with Crippen LogP contribution in [0, 0.1) is 0 Å². The summed E-state index contributed by atoms with van der Waals surface area (Å²) in [5.41, 5.74) is 1.34. The third-order valence-corrected chi connectivity index (χ3v) is 3.38. The van der Waals surface area contributed by atoms with E-state index in [4.69, 9.17) is 4.74 Å². The first-order valence-electron chi connectivity index (χ1n) is 7.80. The zero-order valence-corrected chi connectivity index (χ0v) is 13.7. The number of carbonyl (C=O) groups excluding carboxylic acids is 1. The monoisotopic (exact) mass is 314 g/mol. The number of esters is 1. The third kappa shape index (κ3) is 4.42. The number of nitrogens with one attached hydrogen (secondary N) is 1. The van der Waals surface area contributed by atoms with Crippen LogP contribution in [0.25, 0.3) is 0 Å². The SMILES string of the molecule is CCOC(=O)c1ccc(Nc2nccc(N(CC)CC)n2)cc1. The average molecular weight is 314 g/mol. The molecule has 1 aromatic carbocycles. The van der Waals surface area contributed by atoms with E-state index in [-0.39, 0.29) is 5.97 Å². The number of hydrogen-bond acceptors (Lipinski definition) is 6. The minimum atomic E-state index is -0.321. The molecule has 1 heterocycles. The maximum Gasteiger partial charge on any atom is 0.338 e. The van der Waals surface area contributed by atoms with Crippen LogP contribution in [0.15, 0.2) is 36.5 Å². The van der Waals surface area contributed by atoms with Gasteiger partial charge in [0, 0.05) is 25.0 Å². The number of benzene rings is 1. The largest absolute Gasteiger partial charge is 0.462 e. The maximum atomic E-state index is 11.6. The van der Waals surface area contributed by atoms with Crippen molar-refractivity contribution in [3.63, 3.8) is 0 Å². The highest BCUT2D eigenvalue weighted by molar-refractivity contribution is 5.89. The number of carbonyl (C=O) groups is 1. The molecule has 0 saturated heterocycles. The molecule has 6 nitrogen and oxygen atoms in total. The maximum absolute atomic E-state index is 11.6. The zero-order valence-electron chi connectivity index (χ0n) is 13.7. The van der Waals surface area contributed by atoms with Crippen molar-refractivity contribution in [1.29, 1.82) is 0 Å². The van der Waals surface area contributed by atoms with Gasteiger partial charge in [-0.1, -0.05) is 0 Å². The topological polar surface area (TPSA) is 67.3 Å². The van der Waals surface area contributed by atoms with E-state index in [9.17, 15) is 4.79 Å². The van der Waals surface area contributed by atoms with Crippen LogP contribution in [-0.4, -0.2) is 35.6 Å². The summed E-state index contributed by atoms with van der Waals surface area (Å²) in [6.45, 7) is 8.11. The predicted molar refractivity (Wildman–Crippen MR) is 91.3 cm³/mol. The Morgan fingerprint density at radius 2 is 1.83 bits per heavy atom. The Kier molecular flexibility index (Phi) is 5.91. The standard InChI is InChI=1S/C17H22N4O2/c1-4-21(5-2)15-11-12-18-17(20-15)19-14-9-7-13(8-10-14)16(22)23-6-3/h7-12H,4-6H2,1-3H3,(H,18,19,20). The highest BCUT2D eigenvalue weighted by atomic mass is 16.5. The van der Waals surface area contributed by atoms with Gasteiger partial charge in [0.1, 0.15) is 5.82 Å². The van der Waals surface area contributed by atoms with Crippen LogP contribution < -0.4 is 10.2 Å². The molecule has 1 N–H and O–H groups in total. The second-order valence-corrected chi connectivity index (χ2v) is 4.83. The minimum absolute atomic E-state index is 0.321. The lowest BCUT2D eigenvalue weighted by Gasteiger charge is -2.19. The lowest BCUT2D eigenvalue weighted by molar-refractivity contribution is 0.0526. The molecule has 0 radical (unpaired) electrons. The molecule has 0 fully saturated rings. The smallest absolute Gasteiger partial charge is 0.338 e. The molecule has 0 unspecified atom stereocenters. The fraction of sp³-hybridized carbons (Fsp3) is 0.353. The van der Waals surface area contributed by atoms with Gasteiger partial charge in [0.2, 0.25) is 5.95 Å². The molecule has 0 aliphatic carbocycles. The Balaban J connectivity index is 2.10. The van der Waals surface area contributed by atoms with Gasteiger partial charge in [-0.15, -0.1) is 0 Å². The summed E-state index contributed by atoms with van der Waals surface area (Å²) in [6.07, 6.45) is 1.73. The molecule has 0 saturated carbocycles. The average Bonchev–Trinajstić information content (AvgIpc) is 2.57. The van der Waals surface area contributed by atoms with E-state index in [1.54, 1.807) is 37.4 Å². The summed E-state index contributed by atoms with van der Waals surface area (Å²) in [5, 5.41) is 3.14. The molecule has 2 aromatic rings. The molecule has 0 bridgehead atoms. The van der Waals surface area contributed by atoms with Crippen molar-refractivity contribution in [3.8, 4) is 0 Å². The Bertz CT molecular complexity index is 639. The van der Waals surface area contributed by atoms with E-state index in [0.29, 0.717) is 18.1 Å². The highest BCUT2D eigenvalue weighted by Crippen LogP contribution is 2.17. The second kappa shape index (κ2) is 8.12. The molecule has 122 valence electrons. The highest BCUT2D eigenvalue weighted by Gasteiger charge is 2.07. The van der Waals surface area contributed by atoms with Gasteiger partial charge in [0.25, 0.3) is 0 Å². The molecule has 0 aliphatic heterocycles. The van der Waals surface area contributed by atoms with Crippen molar-refractivity contribution in [3.05, 3.63) is 42.1 Å². The summed E-state index contributed by atoms with van der Waals surface area (Å²) >= 11 is 0. The third-order valence-electron chi connectivity index (χ3n) is 3.38. The zero-order chi connectivity index (χ0) is 16.7. The Hall–Kier alpha value is -2.63. The van der Waals surface area contributed by atoms with Crippen molar-refractivity contribution < 1.29 is 9.53 Å². The van der Waals surface area contributed by atoms with Crippen molar-refractivity contribution in [2.75, 3.05) is 29.9 Å². The molecule has 0 spiro atoms. The lowest BCUT2D eigenvalue weighted by Crippen LogP contribution is -2.23. The summed E-state index contributed by atoms with van der Waals surface area (Å²) in [7, 11) is 0. The van der Waals surface area contributed by atoms with Gasteiger partial charge in [0.15, 0.2) is 0 Å². The van der Waals surface area contributed by atoms with Crippen molar-refractivity contribution in [2.45, 2.75) is 20.8 Å². The van der Waals surface area contributed by atoms with Crippen LogP contribution in [0.3, 0.4) is 0 Å².